The summed E-state index contributed by atoms with van der Waals surface area (Å²) >= 11 is 0. The molecule has 14 heteroatoms. The second kappa shape index (κ2) is 7.75. The first kappa shape index (κ1) is 22.0. The van der Waals surface area contributed by atoms with Crippen molar-refractivity contribution in [1.82, 2.24) is 50.1 Å². The molecule has 194 valence electrons. The van der Waals surface area contributed by atoms with Gasteiger partial charge in [0.1, 0.15) is 0 Å². The number of tetrazole rings is 1. The van der Waals surface area contributed by atoms with E-state index < -0.39 is 17.5 Å². The molecule has 1 aliphatic carbocycles. The molecule has 3 aliphatic heterocycles. The van der Waals surface area contributed by atoms with Crippen LogP contribution in [0.1, 0.15) is 17.3 Å². The first-order chi connectivity index (χ1) is 19.0. The minimum absolute atomic E-state index is 0.00160. The lowest BCUT2D eigenvalue weighted by Crippen LogP contribution is -2.90. The van der Waals surface area contributed by atoms with E-state index in [0.717, 1.165) is 11.9 Å². The number of aromatic amines is 1. The predicted molar refractivity (Wildman–Crippen MR) is 133 cm³/mol. The molecular weight excluding hydrogens is 505 g/mol. The van der Waals surface area contributed by atoms with E-state index in [1.807, 2.05) is 30.3 Å². The molecule has 5 atom stereocenters. The number of amides is 1. The second-order valence-electron chi connectivity index (χ2n) is 10.1. The van der Waals surface area contributed by atoms with E-state index in [4.69, 9.17) is 0 Å². The normalized spacial score (nSPS) is 24.9. The van der Waals surface area contributed by atoms with Gasteiger partial charge in [-0.1, -0.05) is 35.4 Å². The molecule has 4 aliphatic rings. The van der Waals surface area contributed by atoms with E-state index in [2.05, 4.69) is 47.6 Å². The van der Waals surface area contributed by atoms with E-state index >= 15 is 0 Å². The average molecular weight is 526 g/mol. The molecule has 0 spiro atoms. The van der Waals surface area contributed by atoms with Crippen molar-refractivity contribution in [3.63, 3.8) is 0 Å². The average Bonchev–Trinajstić information content (AvgIpc) is 3.74. The third-order valence-electron chi connectivity index (χ3n) is 8.42. The van der Waals surface area contributed by atoms with Crippen LogP contribution < -0.4 is 4.90 Å². The van der Waals surface area contributed by atoms with Crippen LogP contribution in [-0.4, -0.2) is 86.4 Å². The molecule has 7 heterocycles. The van der Waals surface area contributed by atoms with Gasteiger partial charge in [-0.2, -0.15) is 4.68 Å². The number of likely N-dealkylation sites (tertiary alicyclic amines) is 1. The number of Topliss-reactive ketones (excluding diaryl/α,β-unsaturated/α-hetero) is 1. The number of hydrogen-bond donors (Lipinski definition) is 1. The molecule has 9 rings (SSSR count). The van der Waals surface area contributed by atoms with Crippen molar-refractivity contribution < 1.29 is 14.0 Å². The van der Waals surface area contributed by atoms with Gasteiger partial charge in [0, 0.05) is 18.7 Å². The van der Waals surface area contributed by atoms with Gasteiger partial charge in [-0.15, -0.1) is 5.10 Å². The minimum atomic E-state index is -0.764. The van der Waals surface area contributed by atoms with Crippen molar-refractivity contribution in [3.05, 3.63) is 66.5 Å². The van der Waals surface area contributed by atoms with Gasteiger partial charge < -0.3 is 14.8 Å². The summed E-state index contributed by atoms with van der Waals surface area (Å²) in [5.41, 5.74) is 1.06. The molecule has 1 amide bonds. The highest BCUT2D eigenvalue weighted by atomic mass is 19.1. The van der Waals surface area contributed by atoms with Crippen molar-refractivity contribution >= 4 is 28.5 Å². The molecule has 13 nitrogen and oxygen atoms in total. The van der Waals surface area contributed by atoms with E-state index in [0.29, 0.717) is 24.3 Å². The fraction of sp³-hybridized carbons (Fsp3) is 0.280. The zero-order valence-electron chi connectivity index (χ0n) is 20.5. The van der Waals surface area contributed by atoms with Gasteiger partial charge in [0.15, 0.2) is 11.6 Å². The zero-order valence-corrected chi connectivity index (χ0v) is 20.5. The molecule has 1 aromatic carbocycles. The number of pyridine rings is 1. The number of carbonyl (C=O) groups excluding carboxylic acids is 2. The maximum absolute atomic E-state index is 14.9. The maximum Gasteiger partial charge on any atom is 0.295 e. The number of benzene rings is 1. The number of nitrogens with one attached hydrogen (secondary N) is 1. The number of rotatable bonds is 5. The summed E-state index contributed by atoms with van der Waals surface area (Å²) in [5, 5.41) is 20.0. The topological polar surface area (TPSA) is 144 Å². The number of fused-ring (bicyclic) bond motifs is 2. The number of nitrogens with zero attached hydrogens (tertiary/aromatic N) is 10. The number of H-pyrrole nitrogens is 1. The van der Waals surface area contributed by atoms with Gasteiger partial charge in [-0.05, 0) is 28.5 Å². The van der Waals surface area contributed by atoms with Crippen LogP contribution in [-0.2, 0) is 4.79 Å². The fourth-order valence-electron chi connectivity index (χ4n) is 6.77. The third-order valence-corrected chi connectivity index (χ3v) is 8.42. The molecule has 1 unspecified atom stereocenters. The molecule has 4 aromatic heterocycles. The molecule has 3 saturated heterocycles. The molecular formula is C25H20FN11O2. The Morgan fingerprint density at radius 1 is 1.13 bits per heavy atom. The number of ketones is 1. The Bertz CT molecular complexity index is 1760. The SMILES string of the molecule is C[C@@H]1C2[C@H]3CN(c4nnnn4-c4ccccc4)[C@@H]1[C@@H]2N3C(=O)C(=O)c1c[nH]c2c(-n3ccnn3)ncc(F)c12. The van der Waals surface area contributed by atoms with Crippen LogP contribution in [0.25, 0.3) is 22.4 Å². The van der Waals surface area contributed by atoms with Crippen molar-refractivity contribution in [3.8, 4) is 11.5 Å². The lowest BCUT2D eigenvalue weighted by Gasteiger charge is -2.75. The first-order valence-electron chi connectivity index (χ1n) is 12.5. The smallest absolute Gasteiger partial charge is 0.295 e. The molecule has 0 radical (unpaired) electrons. The van der Waals surface area contributed by atoms with Crippen molar-refractivity contribution in [1.29, 1.82) is 0 Å². The number of carbonyl (C=O) groups is 2. The van der Waals surface area contributed by atoms with Crippen LogP contribution >= 0.6 is 0 Å². The summed E-state index contributed by atoms with van der Waals surface area (Å²) < 4.78 is 18.0. The molecule has 1 N–H and O–H groups in total. The summed E-state index contributed by atoms with van der Waals surface area (Å²) in [6.07, 6.45) is 5.39. The number of aromatic nitrogens is 9. The Labute approximate surface area is 219 Å². The highest BCUT2D eigenvalue weighted by Gasteiger charge is 2.72. The molecule has 4 fully saturated rings. The van der Waals surface area contributed by atoms with E-state index in [9.17, 15) is 14.0 Å². The van der Waals surface area contributed by atoms with Crippen LogP contribution in [0.15, 0.2) is 55.1 Å². The third kappa shape index (κ3) is 2.82. The van der Waals surface area contributed by atoms with E-state index in [-0.39, 0.29) is 40.4 Å². The molecule has 39 heavy (non-hydrogen) atoms. The Kier molecular flexibility index (Phi) is 4.38. The first-order valence-corrected chi connectivity index (χ1v) is 12.5. The van der Waals surface area contributed by atoms with Gasteiger partial charge in [0.05, 0.1) is 58.9 Å². The number of anilines is 1. The number of piperidine rings is 3. The zero-order chi connectivity index (χ0) is 26.4. The van der Waals surface area contributed by atoms with Crippen LogP contribution in [0.2, 0.25) is 0 Å². The molecule has 4 bridgehead atoms. The monoisotopic (exact) mass is 525 g/mol. The van der Waals surface area contributed by atoms with Crippen molar-refractivity contribution in [2.75, 3.05) is 11.4 Å². The second-order valence-corrected chi connectivity index (χ2v) is 10.1. The number of piperazine rings is 1. The minimum Gasteiger partial charge on any atom is -0.357 e. The van der Waals surface area contributed by atoms with Crippen LogP contribution in [0.4, 0.5) is 10.3 Å². The summed E-state index contributed by atoms with van der Waals surface area (Å²) in [6.45, 7) is 2.66. The van der Waals surface area contributed by atoms with Crippen LogP contribution in [0.3, 0.4) is 0 Å². The summed E-state index contributed by atoms with van der Waals surface area (Å²) in [7, 11) is 0. The van der Waals surface area contributed by atoms with Gasteiger partial charge in [-0.3, -0.25) is 9.59 Å². The highest BCUT2D eigenvalue weighted by Crippen LogP contribution is 2.58. The largest absolute Gasteiger partial charge is 0.357 e. The lowest BCUT2D eigenvalue weighted by molar-refractivity contribution is -0.201. The molecule has 5 aromatic rings. The predicted octanol–water partition coefficient (Wildman–Crippen LogP) is 1.18. The van der Waals surface area contributed by atoms with Gasteiger partial charge >= 0.3 is 0 Å². The van der Waals surface area contributed by atoms with E-state index in [1.54, 1.807) is 15.8 Å². The van der Waals surface area contributed by atoms with Crippen molar-refractivity contribution in [2.24, 2.45) is 11.8 Å². The van der Waals surface area contributed by atoms with Crippen molar-refractivity contribution in [2.45, 2.75) is 25.0 Å². The fourth-order valence-corrected chi connectivity index (χ4v) is 6.77. The number of halogens is 1. The maximum atomic E-state index is 14.9. The Hall–Kier alpha value is -5.01. The summed E-state index contributed by atoms with van der Waals surface area (Å²) in [6, 6.07) is 9.27. The van der Waals surface area contributed by atoms with Gasteiger partial charge in [0.2, 0.25) is 0 Å². The highest BCUT2D eigenvalue weighted by molar-refractivity contribution is 6.45. The number of para-hydroxylation sites is 1. The van der Waals surface area contributed by atoms with Gasteiger partial charge in [0.25, 0.3) is 17.6 Å². The summed E-state index contributed by atoms with van der Waals surface area (Å²) in [4.78, 5) is 37.9. The Morgan fingerprint density at radius 2 is 1.97 bits per heavy atom. The quantitative estimate of drug-likeness (QED) is 0.264. The van der Waals surface area contributed by atoms with E-state index in [1.165, 1.54) is 17.1 Å². The molecule has 1 saturated carbocycles. The lowest BCUT2D eigenvalue weighted by atomic mass is 9.51. The Morgan fingerprint density at radius 3 is 2.74 bits per heavy atom. The standard InChI is InChI=1S/C25H20FN11O2/c1-12-17-16-11-34(25-30-31-33-37(25)13-5-3-2-4-6-13)20(12)21(17)36(16)24(39)22(38)14-9-27-19-18(14)15(26)10-28-23(19)35-8-7-29-32-35/h2-10,12,16-17,20-21,27H,11H2,1H3/t12-,16-,17?,20+,21-/m1/s1. The Balaban J connectivity index is 1.10. The van der Waals surface area contributed by atoms with Crippen LogP contribution in [0.5, 0.6) is 0 Å². The van der Waals surface area contributed by atoms with Crippen LogP contribution in [0, 0.1) is 17.7 Å². The summed E-state index contributed by atoms with van der Waals surface area (Å²) in [5.74, 6) is -0.623. The number of hydrogen-bond acceptors (Lipinski definition) is 9. The van der Waals surface area contributed by atoms with Gasteiger partial charge in [-0.25, -0.2) is 14.1 Å².